The molecule has 1 fully saturated rings. The average Bonchev–Trinajstić information content (AvgIpc) is 3.04. The molecule has 1 aromatic carbocycles. The Balaban J connectivity index is 1.58. The number of nitrogens with zero attached hydrogens (tertiary/aromatic N) is 5. The minimum Gasteiger partial charge on any atom is -0.299 e. The SMILES string of the molecule is Cc1nn(C)cc1CN1CCC(c2nc(C(F)(F)F)ncc2-c2cccc(F)c2)CC1. The Morgan fingerprint density at radius 1 is 1.16 bits per heavy atom. The van der Waals surface area contributed by atoms with Crippen LogP contribution in [0.25, 0.3) is 11.1 Å². The molecule has 3 heterocycles. The lowest BCUT2D eigenvalue weighted by molar-refractivity contribution is -0.145. The molecule has 5 nitrogen and oxygen atoms in total. The van der Waals surface area contributed by atoms with Crippen LogP contribution < -0.4 is 0 Å². The van der Waals surface area contributed by atoms with Crippen LogP contribution in [0.3, 0.4) is 0 Å². The lowest BCUT2D eigenvalue weighted by atomic mass is 9.88. The normalized spacial score (nSPS) is 16.1. The number of halogens is 4. The first-order valence-electron chi connectivity index (χ1n) is 10.1. The zero-order valence-electron chi connectivity index (χ0n) is 17.3. The number of piperidine rings is 1. The first-order chi connectivity index (χ1) is 14.7. The number of alkyl halides is 3. The number of benzene rings is 1. The van der Waals surface area contributed by atoms with Gasteiger partial charge < -0.3 is 0 Å². The summed E-state index contributed by atoms with van der Waals surface area (Å²) in [6.45, 7) is 4.17. The molecular formula is C22H23F4N5. The van der Waals surface area contributed by atoms with Gasteiger partial charge in [-0.1, -0.05) is 12.1 Å². The van der Waals surface area contributed by atoms with Crippen LogP contribution in [-0.2, 0) is 19.8 Å². The van der Waals surface area contributed by atoms with E-state index in [-0.39, 0.29) is 5.92 Å². The van der Waals surface area contributed by atoms with Gasteiger partial charge in [-0.3, -0.25) is 9.58 Å². The quantitative estimate of drug-likeness (QED) is 0.559. The van der Waals surface area contributed by atoms with Crippen LogP contribution >= 0.6 is 0 Å². The Bertz CT molecular complexity index is 1070. The van der Waals surface area contributed by atoms with E-state index >= 15 is 0 Å². The molecule has 164 valence electrons. The highest BCUT2D eigenvalue weighted by Gasteiger charge is 2.36. The lowest BCUT2D eigenvalue weighted by Crippen LogP contribution is -2.33. The molecule has 1 saturated heterocycles. The highest BCUT2D eigenvalue weighted by atomic mass is 19.4. The van der Waals surface area contributed by atoms with Crippen LogP contribution in [0.4, 0.5) is 17.6 Å². The minimum atomic E-state index is -4.63. The van der Waals surface area contributed by atoms with Crippen LogP contribution in [-0.4, -0.2) is 37.7 Å². The summed E-state index contributed by atoms with van der Waals surface area (Å²) in [6, 6.07) is 5.80. The van der Waals surface area contributed by atoms with Gasteiger partial charge in [0.25, 0.3) is 0 Å². The molecule has 0 radical (unpaired) electrons. The monoisotopic (exact) mass is 433 g/mol. The lowest BCUT2D eigenvalue weighted by Gasteiger charge is -2.32. The Labute approximate surface area is 177 Å². The molecule has 0 atom stereocenters. The molecule has 0 spiro atoms. The van der Waals surface area contributed by atoms with Crippen LogP contribution in [0, 0.1) is 12.7 Å². The maximum Gasteiger partial charge on any atom is 0.451 e. The number of aryl methyl sites for hydroxylation is 2. The highest BCUT2D eigenvalue weighted by Crippen LogP contribution is 2.36. The predicted octanol–water partition coefficient (Wildman–Crippen LogP) is 4.72. The third-order valence-corrected chi connectivity index (χ3v) is 5.69. The molecule has 0 N–H and O–H groups in total. The average molecular weight is 433 g/mol. The summed E-state index contributed by atoms with van der Waals surface area (Å²) in [6.07, 6.45) is -0.144. The molecule has 1 aliphatic rings. The fourth-order valence-corrected chi connectivity index (χ4v) is 4.13. The Morgan fingerprint density at radius 2 is 1.90 bits per heavy atom. The molecule has 0 amide bonds. The van der Waals surface area contributed by atoms with Crippen molar-refractivity contribution in [3.8, 4) is 11.1 Å². The van der Waals surface area contributed by atoms with Gasteiger partial charge in [0.15, 0.2) is 0 Å². The first kappa shape index (κ1) is 21.4. The van der Waals surface area contributed by atoms with E-state index in [0.29, 0.717) is 29.7 Å². The van der Waals surface area contributed by atoms with Crippen molar-refractivity contribution in [3.63, 3.8) is 0 Å². The van der Waals surface area contributed by atoms with Crippen molar-refractivity contribution in [3.05, 3.63) is 65.3 Å². The van der Waals surface area contributed by atoms with Crippen LogP contribution in [0.15, 0.2) is 36.7 Å². The van der Waals surface area contributed by atoms with Gasteiger partial charge in [-0.2, -0.15) is 18.3 Å². The molecular weight excluding hydrogens is 410 g/mol. The Hall–Kier alpha value is -2.81. The summed E-state index contributed by atoms with van der Waals surface area (Å²) in [5.74, 6) is -1.77. The highest BCUT2D eigenvalue weighted by molar-refractivity contribution is 5.65. The van der Waals surface area contributed by atoms with E-state index < -0.39 is 17.8 Å². The Kier molecular flexibility index (Phi) is 5.79. The molecule has 3 aromatic rings. The zero-order valence-corrected chi connectivity index (χ0v) is 17.3. The maximum absolute atomic E-state index is 13.8. The summed E-state index contributed by atoms with van der Waals surface area (Å²) in [4.78, 5) is 9.70. The minimum absolute atomic E-state index is 0.159. The molecule has 0 bridgehead atoms. The van der Waals surface area contributed by atoms with Gasteiger partial charge in [0, 0.05) is 43.0 Å². The number of aromatic nitrogens is 4. The first-order valence-corrected chi connectivity index (χ1v) is 10.1. The van der Waals surface area contributed by atoms with Crippen molar-refractivity contribution >= 4 is 0 Å². The van der Waals surface area contributed by atoms with Crippen LogP contribution in [0.5, 0.6) is 0 Å². The molecule has 0 unspecified atom stereocenters. The van der Waals surface area contributed by atoms with Gasteiger partial charge >= 0.3 is 6.18 Å². The maximum atomic E-state index is 13.8. The van der Waals surface area contributed by atoms with Gasteiger partial charge in [0.05, 0.1) is 11.4 Å². The third kappa shape index (κ3) is 4.76. The fourth-order valence-electron chi connectivity index (χ4n) is 4.13. The summed E-state index contributed by atoms with van der Waals surface area (Å²) < 4.78 is 55.4. The third-order valence-electron chi connectivity index (χ3n) is 5.69. The van der Waals surface area contributed by atoms with Crippen molar-refractivity contribution in [1.29, 1.82) is 0 Å². The van der Waals surface area contributed by atoms with E-state index in [0.717, 1.165) is 30.9 Å². The zero-order chi connectivity index (χ0) is 22.2. The van der Waals surface area contributed by atoms with Crippen LogP contribution in [0.2, 0.25) is 0 Å². The number of hydrogen-bond donors (Lipinski definition) is 0. The smallest absolute Gasteiger partial charge is 0.299 e. The number of rotatable bonds is 4. The van der Waals surface area contributed by atoms with E-state index in [2.05, 4.69) is 20.0 Å². The van der Waals surface area contributed by atoms with E-state index in [1.165, 1.54) is 24.4 Å². The standard InChI is InChI=1S/C22H23F4N5/c1-14-17(12-30(2)29-14)13-31-8-6-15(7-9-31)20-19(16-4-3-5-18(23)10-16)11-27-21(28-20)22(24,25)26/h3-5,10-12,15H,6-9,13H2,1-2H3. The van der Waals surface area contributed by atoms with Gasteiger partial charge in [0.2, 0.25) is 5.82 Å². The van der Waals surface area contributed by atoms with Crippen molar-refractivity contribution in [2.75, 3.05) is 13.1 Å². The summed E-state index contributed by atoms with van der Waals surface area (Å²) in [5.41, 5.74) is 3.39. The van der Waals surface area contributed by atoms with Crippen LogP contribution in [0.1, 0.15) is 41.5 Å². The second-order valence-electron chi connectivity index (χ2n) is 7.96. The molecule has 4 rings (SSSR count). The van der Waals surface area contributed by atoms with E-state index in [9.17, 15) is 17.6 Å². The summed E-state index contributed by atoms with van der Waals surface area (Å²) >= 11 is 0. The summed E-state index contributed by atoms with van der Waals surface area (Å²) in [7, 11) is 1.88. The van der Waals surface area contributed by atoms with Gasteiger partial charge in [0.1, 0.15) is 5.82 Å². The van der Waals surface area contributed by atoms with Crippen molar-refractivity contribution in [2.45, 2.75) is 38.4 Å². The second-order valence-corrected chi connectivity index (χ2v) is 7.96. The topological polar surface area (TPSA) is 46.8 Å². The molecule has 0 saturated carbocycles. The van der Waals surface area contributed by atoms with Crippen molar-refractivity contribution < 1.29 is 17.6 Å². The van der Waals surface area contributed by atoms with E-state index in [4.69, 9.17) is 0 Å². The fraction of sp³-hybridized carbons (Fsp3) is 0.409. The number of hydrogen-bond acceptors (Lipinski definition) is 4. The van der Waals surface area contributed by atoms with E-state index in [1.54, 1.807) is 10.7 Å². The predicted molar refractivity (Wildman–Crippen MR) is 108 cm³/mol. The number of likely N-dealkylation sites (tertiary alicyclic amines) is 1. The van der Waals surface area contributed by atoms with E-state index in [1.807, 2.05) is 20.2 Å². The molecule has 2 aromatic heterocycles. The van der Waals surface area contributed by atoms with Gasteiger partial charge in [-0.15, -0.1) is 0 Å². The Morgan fingerprint density at radius 3 is 2.52 bits per heavy atom. The van der Waals surface area contributed by atoms with Crippen molar-refractivity contribution in [2.24, 2.45) is 7.05 Å². The molecule has 1 aliphatic heterocycles. The van der Waals surface area contributed by atoms with Gasteiger partial charge in [-0.25, -0.2) is 14.4 Å². The largest absolute Gasteiger partial charge is 0.451 e. The summed E-state index contributed by atoms with van der Waals surface area (Å²) in [5, 5.41) is 4.36. The van der Waals surface area contributed by atoms with Crippen molar-refractivity contribution in [1.82, 2.24) is 24.6 Å². The molecule has 9 heteroatoms. The molecule has 0 aliphatic carbocycles. The molecule has 31 heavy (non-hydrogen) atoms. The second kappa shape index (κ2) is 8.37. The van der Waals surface area contributed by atoms with Gasteiger partial charge in [-0.05, 0) is 50.6 Å².